The normalized spacial score (nSPS) is 13.1. The summed E-state index contributed by atoms with van der Waals surface area (Å²) in [5.41, 5.74) is 6.44. The van der Waals surface area contributed by atoms with Crippen LogP contribution in [-0.2, 0) is 0 Å². The third-order valence-corrected chi connectivity index (χ3v) is 6.25. The van der Waals surface area contributed by atoms with Crippen molar-refractivity contribution in [1.82, 2.24) is 9.55 Å². The van der Waals surface area contributed by atoms with E-state index in [-0.39, 0.29) is 11.6 Å². The predicted molar refractivity (Wildman–Crippen MR) is 143 cm³/mol. The van der Waals surface area contributed by atoms with Crippen molar-refractivity contribution < 1.29 is 14.6 Å². The number of aryl methyl sites for hydroxylation is 1. The number of benzene rings is 3. The molecule has 0 radical (unpaired) electrons. The van der Waals surface area contributed by atoms with E-state index >= 15 is 0 Å². The largest absolute Gasteiger partial charge is 0.478 e. The molecular formula is C30H24N4O3. The fourth-order valence-electron chi connectivity index (χ4n) is 4.38. The van der Waals surface area contributed by atoms with Gasteiger partial charge in [0.1, 0.15) is 17.8 Å². The average molecular weight is 489 g/mol. The van der Waals surface area contributed by atoms with Gasteiger partial charge >= 0.3 is 5.97 Å². The quantitative estimate of drug-likeness (QED) is 0.327. The molecule has 0 amide bonds. The molecule has 1 unspecified atom stereocenters. The number of carbonyl (C=O) groups is 1. The van der Waals surface area contributed by atoms with Crippen LogP contribution < -0.4 is 10.1 Å². The standard InChI is InChI=1S/C30H24N4O3/c1-18-12-24-19(2)14-28(27-16-34(17-32-27)22-10-8-21(15-31)9-11-22)37-29(24)25(13-18)20(3)33-26-7-5-4-6-23(26)30(35)36/h4-14,16-17,20,33H,2H2,1,3H3,(H,35,36). The number of nitrogens with one attached hydrogen (secondary N) is 1. The number of nitrogens with zero attached hydrogens (tertiary/aromatic N) is 3. The molecule has 5 rings (SSSR count). The number of hydrogen-bond acceptors (Lipinski definition) is 5. The fraction of sp³-hybridized carbons (Fsp3) is 0.100. The number of para-hydroxylation sites is 1. The summed E-state index contributed by atoms with van der Waals surface area (Å²) >= 11 is 0. The maximum atomic E-state index is 11.7. The summed E-state index contributed by atoms with van der Waals surface area (Å²) in [6.07, 6.45) is 5.43. The first-order valence-corrected chi connectivity index (χ1v) is 11.7. The molecule has 2 heterocycles. The van der Waals surface area contributed by atoms with Crippen LogP contribution in [0.3, 0.4) is 0 Å². The molecule has 1 atom stereocenters. The zero-order chi connectivity index (χ0) is 26.1. The van der Waals surface area contributed by atoms with Gasteiger partial charge in [0.25, 0.3) is 0 Å². The molecule has 2 N–H and O–H groups in total. The van der Waals surface area contributed by atoms with Gasteiger partial charge in [-0.2, -0.15) is 5.26 Å². The number of aromatic nitrogens is 2. The molecule has 3 aromatic carbocycles. The van der Waals surface area contributed by atoms with Gasteiger partial charge in [0.15, 0.2) is 5.76 Å². The lowest BCUT2D eigenvalue weighted by molar-refractivity contribution is 0.0698. The minimum absolute atomic E-state index is 0.204. The molecule has 7 nitrogen and oxygen atoms in total. The Morgan fingerprint density at radius 2 is 1.95 bits per heavy atom. The van der Waals surface area contributed by atoms with Gasteiger partial charge in [-0.25, -0.2) is 9.78 Å². The van der Waals surface area contributed by atoms with Gasteiger partial charge in [0, 0.05) is 28.7 Å². The third-order valence-electron chi connectivity index (χ3n) is 6.25. The van der Waals surface area contributed by atoms with Crippen molar-refractivity contribution in [2.75, 3.05) is 5.32 Å². The van der Waals surface area contributed by atoms with Crippen molar-refractivity contribution in [3.63, 3.8) is 0 Å². The number of carboxylic acid groups (broad SMARTS) is 1. The first-order chi connectivity index (χ1) is 17.8. The minimum atomic E-state index is -0.991. The van der Waals surface area contributed by atoms with Crippen LogP contribution in [0.25, 0.3) is 17.0 Å². The monoisotopic (exact) mass is 488 g/mol. The molecule has 4 aromatic rings. The van der Waals surface area contributed by atoms with E-state index in [0.29, 0.717) is 28.5 Å². The molecule has 0 bridgehead atoms. The highest BCUT2D eigenvalue weighted by Crippen LogP contribution is 2.42. The summed E-state index contributed by atoms with van der Waals surface area (Å²) in [7, 11) is 0. The van der Waals surface area contributed by atoms with Crippen molar-refractivity contribution in [2.45, 2.75) is 19.9 Å². The van der Waals surface area contributed by atoms with E-state index in [1.165, 1.54) is 0 Å². The summed E-state index contributed by atoms with van der Waals surface area (Å²) in [6.45, 7) is 8.24. The number of imidazole rings is 1. The summed E-state index contributed by atoms with van der Waals surface area (Å²) < 4.78 is 8.28. The number of nitriles is 1. The van der Waals surface area contributed by atoms with Crippen molar-refractivity contribution >= 4 is 23.0 Å². The molecule has 0 saturated heterocycles. The Kier molecular flexibility index (Phi) is 6.08. The van der Waals surface area contributed by atoms with Crippen molar-refractivity contribution in [3.05, 3.63) is 119 Å². The van der Waals surface area contributed by atoms with E-state index in [2.05, 4.69) is 22.9 Å². The van der Waals surface area contributed by atoms with Gasteiger partial charge < -0.3 is 19.7 Å². The smallest absolute Gasteiger partial charge is 0.337 e. The lowest BCUT2D eigenvalue weighted by Crippen LogP contribution is -2.14. The lowest BCUT2D eigenvalue weighted by Gasteiger charge is -2.26. The Morgan fingerprint density at radius 3 is 2.68 bits per heavy atom. The third kappa shape index (κ3) is 4.60. The molecule has 37 heavy (non-hydrogen) atoms. The van der Waals surface area contributed by atoms with Gasteiger partial charge in [-0.05, 0) is 73.5 Å². The molecule has 1 aliphatic heterocycles. The number of aromatic carboxylic acids is 1. The second-order valence-electron chi connectivity index (χ2n) is 8.91. The number of hydrogen-bond donors (Lipinski definition) is 2. The lowest BCUT2D eigenvalue weighted by atomic mass is 9.93. The molecule has 1 aromatic heterocycles. The van der Waals surface area contributed by atoms with E-state index in [4.69, 9.17) is 10.00 Å². The molecule has 0 aliphatic carbocycles. The Labute approximate surface area is 214 Å². The second-order valence-corrected chi connectivity index (χ2v) is 8.91. The summed E-state index contributed by atoms with van der Waals surface area (Å²) in [6, 6.07) is 20.0. The van der Waals surface area contributed by atoms with Crippen LogP contribution in [0, 0.1) is 18.3 Å². The molecule has 0 fully saturated rings. The first-order valence-electron chi connectivity index (χ1n) is 11.7. The number of fused-ring (bicyclic) bond motifs is 1. The van der Waals surface area contributed by atoms with Crippen molar-refractivity contribution in [3.8, 4) is 17.5 Å². The number of rotatable bonds is 6. The van der Waals surface area contributed by atoms with E-state index in [1.807, 2.05) is 55.0 Å². The molecule has 0 saturated carbocycles. The zero-order valence-corrected chi connectivity index (χ0v) is 20.4. The van der Waals surface area contributed by atoms with Crippen LogP contribution in [0.2, 0.25) is 0 Å². The number of carboxylic acids is 1. The highest BCUT2D eigenvalue weighted by atomic mass is 16.5. The molecule has 182 valence electrons. The fourth-order valence-corrected chi connectivity index (χ4v) is 4.38. The highest BCUT2D eigenvalue weighted by molar-refractivity contribution is 5.94. The van der Waals surface area contributed by atoms with Crippen LogP contribution >= 0.6 is 0 Å². The number of anilines is 1. The van der Waals surface area contributed by atoms with Crippen LogP contribution in [-0.4, -0.2) is 20.6 Å². The Bertz CT molecular complexity index is 1610. The van der Waals surface area contributed by atoms with Crippen molar-refractivity contribution in [2.24, 2.45) is 0 Å². The van der Waals surface area contributed by atoms with E-state index < -0.39 is 5.97 Å². The molecule has 7 heteroatoms. The van der Waals surface area contributed by atoms with Gasteiger partial charge in [-0.15, -0.1) is 0 Å². The van der Waals surface area contributed by atoms with Crippen LogP contribution in [0.4, 0.5) is 5.69 Å². The van der Waals surface area contributed by atoms with Gasteiger partial charge in [-0.3, -0.25) is 0 Å². The van der Waals surface area contributed by atoms with Gasteiger partial charge in [0.05, 0.1) is 23.2 Å². The summed E-state index contributed by atoms with van der Waals surface area (Å²) in [5, 5.41) is 22.0. The van der Waals surface area contributed by atoms with Crippen LogP contribution in [0.15, 0.2) is 85.8 Å². The summed E-state index contributed by atoms with van der Waals surface area (Å²) in [4.78, 5) is 16.2. The van der Waals surface area contributed by atoms with Crippen LogP contribution in [0.1, 0.15) is 51.3 Å². The SMILES string of the molecule is C=C1C=C(c2cn(-c3ccc(C#N)cc3)cn2)Oc2c1cc(C)cc2C(C)Nc1ccccc1C(=O)O. The Morgan fingerprint density at radius 1 is 1.19 bits per heavy atom. The highest BCUT2D eigenvalue weighted by Gasteiger charge is 2.25. The van der Waals surface area contributed by atoms with E-state index in [0.717, 1.165) is 28.0 Å². The zero-order valence-electron chi connectivity index (χ0n) is 20.4. The van der Waals surface area contributed by atoms with Gasteiger partial charge in [-0.1, -0.05) is 24.8 Å². The molecular weight excluding hydrogens is 464 g/mol. The van der Waals surface area contributed by atoms with E-state index in [1.54, 1.807) is 42.7 Å². The van der Waals surface area contributed by atoms with Crippen LogP contribution in [0.5, 0.6) is 5.75 Å². The van der Waals surface area contributed by atoms with E-state index in [9.17, 15) is 9.90 Å². The second kappa shape index (κ2) is 9.51. The topological polar surface area (TPSA) is 100 Å². The first kappa shape index (κ1) is 23.6. The predicted octanol–water partition coefficient (Wildman–Crippen LogP) is 6.37. The maximum absolute atomic E-state index is 11.7. The maximum Gasteiger partial charge on any atom is 0.337 e. The summed E-state index contributed by atoms with van der Waals surface area (Å²) in [5.74, 6) is 0.233. The van der Waals surface area contributed by atoms with Crippen molar-refractivity contribution in [1.29, 1.82) is 5.26 Å². The number of ether oxygens (including phenoxy) is 1. The Balaban J connectivity index is 1.47. The molecule has 0 spiro atoms. The average Bonchev–Trinajstić information content (AvgIpc) is 3.39. The number of allylic oxidation sites excluding steroid dienone is 2. The Hall–Kier alpha value is -5.09. The van der Waals surface area contributed by atoms with Gasteiger partial charge in [0.2, 0.25) is 0 Å². The minimum Gasteiger partial charge on any atom is -0.478 e. The molecule has 1 aliphatic rings.